The first-order valence-corrected chi connectivity index (χ1v) is 11.5. The minimum atomic E-state index is 0.174. The van der Waals surface area contributed by atoms with E-state index in [4.69, 9.17) is 0 Å². The van der Waals surface area contributed by atoms with Crippen LogP contribution in [-0.4, -0.2) is 77.0 Å². The first-order chi connectivity index (χ1) is 14.1. The maximum atomic E-state index is 13.0. The van der Waals surface area contributed by atoms with Crippen LogP contribution in [0.25, 0.3) is 10.9 Å². The van der Waals surface area contributed by atoms with E-state index < -0.39 is 0 Å². The molecule has 2 fully saturated rings. The number of benzene rings is 1. The van der Waals surface area contributed by atoms with Crippen molar-refractivity contribution in [1.82, 2.24) is 19.3 Å². The predicted molar refractivity (Wildman–Crippen MR) is 119 cm³/mol. The largest absolute Gasteiger partial charge is 0.346 e. The topological polar surface area (TPSA) is 31.7 Å². The van der Waals surface area contributed by atoms with Crippen LogP contribution >= 0.6 is 0 Å². The minimum absolute atomic E-state index is 0.174. The van der Waals surface area contributed by atoms with Crippen molar-refractivity contribution in [1.29, 1.82) is 0 Å². The summed E-state index contributed by atoms with van der Waals surface area (Å²) in [7, 11) is 0. The zero-order chi connectivity index (χ0) is 20.2. The zero-order valence-corrected chi connectivity index (χ0v) is 18.1. The number of carbonyl (C=O) groups is 1. The van der Waals surface area contributed by atoms with Gasteiger partial charge in [0.25, 0.3) is 5.91 Å². The highest BCUT2D eigenvalue weighted by Gasteiger charge is 2.23. The fourth-order valence-corrected chi connectivity index (χ4v) is 4.76. The lowest BCUT2D eigenvalue weighted by Gasteiger charge is -2.37. The molecule has 4 rings (SSSR count). The molecule has 0 bridgehead atoms. The molecule has 2 aromatic rings. The highest BCUT2D eigenvalue weighted by molar-refractivity contribution is 5.98. The normalized spacial score (nSPS) is 19.8. The molecule has 0 saturated carbocycles. The van der Waals surface area contributed by atoms with Crippen LogP contribution < -0.4 is 0 Å². The summed E-state index contributed by atoms with van der Waals surface area (Å²) < 4.78 is 2.34. The fraction of sp³-hybridized carbons (Fsp3) is 0.625. The second kappa shape index (κ2) is 9.31. The van der Waals surface area contributed by atoms with E-state index in [2.05, 4.69) is 52.6 Å². The van der Waals surface area contributed by atoms with E-state index in [-0.39, 0.29) is 5.91 Å². The molecule has 1 aromatic carbocycles. The average molecular weight is 397 g/mol. The Hall–Kier alpha value is -1.85. The number of fused-ring (bicyclic) bond motifs is 1. The van der Waals surface area contributed by atoms with Crippen LogP contribution in [-0.2, 0) is 6.54 Å². The van der Waals surface area contributed by atoms with Gasteiger partial charge in [0.15, 0.2) is 0 Å². The molecule has 0 spiro atoms. The molecule has 0 radical (unpaired) electrons. The highest BCUT2D eigenvalue weighted by atomic mass is 16.2. The monoisotopic (exact) mass is 396 g/mol. The van der Waals surface area contributed by atoms with Gasteiger partial charge in [-0.2, -0.15) is 0 Å². The number of aromatic nitrogens is 1. The van der Waals surface area contributed by atoms with Gasteiger partial charge in [0.1, 0.15) is 0 Å². The Labute approximate surface area is 175 Å². The van der Waals surface area contributed by atoms with Crippen LogP contribution in [0.2, 0.25) is 0 Å². The van der Waals surface area contributed by atoms with Crippen molar-refractivity contribution in [3.63, 3.8) is 0 Å². The Balaban J connectivity index is 1.39. The number of likely N-dealkylation sites (tertiary alicyclic amines) is 1. The number of rotatable bonds is 5. The van der Waals surface area contributed by atoms with Gasteiger partial charge in [0, 0.05) is 68.0 Å². The van der Waals surface area contributed by atoms with Crippen LogP contribution in [0.1, 0.15) is 49.9 Å². The van der Waals surface area contributed by atoms with Crippen molar-refractivity contribution in [3.8, 4) is 0 Å². The molecule has 5 nitrogen and oxygen atoms in total. The Morgan fingerprint density at radius 3 is 2.31 bits per heavy atom. The standard InChI is InChI=1S/C24H36N4O/c1-20(2)26-15-17-28(18-16-26)24(29)22-7-8-23-21(19-22)9-12-27(23)14-13-25-10-5-3-4-6-11-25/h7-9,12,19-20H,3-6,10-11,13-18H2,1-2H3. The van der Waals surface area contributed by atoms with Gasteiger partial charge >= 0.3 is 0 Å². The van der Waals surface area contributed by atoms with Gasteiger partial charge in [-0.25, -0.2) is 0 Å². The third-order valence-electron chi connectivity index (χ3n) is 6.71. The number of piperazine rings is 1. The molecule has 1 aromatic heterocycles. The first kappa shape index (κ1) is 20.4. The summed E-state index contributed by atoms with van der Waals surface area (Å²) in [6.45, 7) is 12.7. The fourth-order valence-electron chi connectivity index (χ4n) is 4.76. The Kier molecular flexibility index (Phi) is 6.56. The number of carbonyl (C=O) groups excluding carboxylic acids is 1. The second-order valence-electron chi connectivity index (χ2n) is 8.96. The van der Waals surface area contributed by atoms with Crippen molar-refractivity contribution in [2.75, 3.05) is 45.8 Å². The van der Waals surface area contributed by atoms with Crippen LogP contribution in [0.4, 0.5) is 0 Å². The van der Waals surface area contributed by atoms with E-state index in [0.29, 0.717) is 6.04 Å². The highest BCUT2D eigenvalue weighted by Crippen LogP contribution is 2.20. The SMILES string of the molecule is CC(C)N1CCN(C(=O)c2ccc3c(ccn3CCN3CCCCCC3)c2)CC1. The third kappa shape index (κ3) is 4.84. The quantitative estimate of drug-likeness (QED) is 0.773. The lowest BCUT2D eigenvalue weighted by molar-refractivity contribution is 0.0595. The Morgan fingerprint density at radius 1 is 0.897 bits per heavy atom. The molecule has 1 amide bonds. The van der Waals surface area contributed by atoms with E-state index in [1.54, 1.807) is 0 Å². The van der Waals surface area contributed by atoms with E-state index in [1.807, 2.05) is 11.0 Å². The molecule has 0 unspecified atom stereocenters. The molecule has 5 heteroatoms. The molecular weight excluding hydrogens is 360 g/mol. The van der Waals surface area contributed by atoms with Gasteiger partial charge in [-0.1, -0.05) is 12.8 Å². The molecule has 0 N–H and O–H groups in total. The molecule has 2 saturated heterocycles. The summed E-state index contributed by atoms with van der Waals surface area (Å²) >= 11 is 0. The molecule has 2 aliphatic heterocycles. The van der Waals surface area contributed by atoms with Gasteiger partial charge in [-0.05, 0) is 64.0 Å². The van der Waals surface area contributed by atoms with E-state index in [9.17, 15) is 4.79 Å². The van der Waals surface area contributed by atoms with Gasteiger partial charge < -0.3 is 14.4 Å². The maximum absolute atomic E-state index is 13.0. The van der Waals surface area contributed by atoms with Crippen molar-refractivity contribution < 1.29 is 4.79 Å². The maximum Gasteiger partial charge on any atom is 0.253 e. The molecule has 29 heavy (non-hydrogen) atoms. The van der Waals surface area contributed by atoms with Crippen LogP contribution in [0, 0.1) is 0 Å². The molecule has 0 aliphatic carbocycles. The summed E-state index contributed by atoms with van der Waals surface area (Å²) in [5.41, 5.74) is 2.06. The third-order valence-corrected chi connectivity index (χ3v) is 6.71. The van der Waals surface area contributed by atoms with Crippen LogP contribution in [0.3, 0.4) is 0 Å². The summed E-state index contributed by atoms with van der Waals surface area (Å²) in [5, 5.41) is 1.17. The average Bonchev–Trinajstić information content (AvgIpc) is 2.96. The van der Waals surface area contributed by atoms with Crippen molar-refractivity contribution >= 4 is 16.8 Å². The van der Waals surface area contributed by atoms with Gasteiger partial charge in [-0.3, -0.25) is 9.69 Å². The summed E-state index contributed by atoms with van der Waals surface area (Å²) in [6.07, 6.45) is 7.61. The Morgan fingerprint density at radius 2 is 1.62 bits per heavy atom. The number of amides is 1. The van der Waals surface area contributed by atoms with Gasteiger partial charge in [0.05, 0.1) is 0 Å². The number of hydrogen-bond donors (Lipinski definition) is 0. The first-order valence-electron chi connectivity index (χ1n) is 11.5. The van der Waals surface area contributed by atoms with Crippen molar-refractivity contribution in [3.05, 3.63) is 36.0 Å². The number of nitrogens with zero attached hydrogens (tertiary/aromatic N) is 4. The van der Waals surface area contributed by atoms with Gasteiger partial charge in [-0.15, -0.1) is 0 Å². The zero-order valence-electron chi connectivity index (χ0n) is 18.1. The predicted octanol–water partition coefficient (Wildman–Crippen LogP) is 3.68. The summed E-state index contributed by atoms with van der Waals surface area (Å²) in [6, 6.07) is 8.94. The van der Waals surface area contributed by atoms with Crippen molar-refractivity contribution in [2.45, 2.75) is 52.1 Å². The van der Waals surface area contributed by atoms with E-state index in [0.717, 1.165) is 44.8 Å². The molecule has 3 heterocycles. The molecule has 158 valence electrons. The van der Waals surface area contributed by atoms with Crippen LogP contribution in [0.5, 0.6) is 0 Å². The van der Waals surface area contributed by atoms with E-state index in [1.165, 1.54) is 49.7 Å². The molecule has 0 atom stereocenters. The molecule has 2 aliphatic rings. The number of hydrogen-bond acceptors (Lipinski definition) is 3. The molecular formula is C24H36N4O. The van der Waals surface area contributed by atoms with Crippen LogP contribution in [0.15, 0.2) is 30.5 Å². The van der Waals surface area contributed by atoms with Gasteiger partial charge in [0.2, 0.25) is 0 Å². The second-order valence-corrected chi connectivity index (χ2v) is 8.96. The summed E-state index contributed by atoms with van der Waals surface area (Å²) in [4.78, 5) is 20.0. The summed E-state index contributed by atoms with van der Waals surface area (Å²) in [5.74, 6) is 0.174. The Bertz CT molecular complexity index is 811. The van der Waals surface area contributed by atoms with E-state index >= 15 is 0 Å². The smallest absolute Gasteiger partial charge is 0.253 e. The lowest BCUT2D eigenvalue weighted by Crippen LogP contribution is -2.50. The van der Waals surface area contributed by atoms with Crippen molar-refractivity contribution in [2.24, 2.45) is 0 Å². The minimum Gasteiger partial charge on any atom is -0.346 e. The lowest BCUT2D eigenvalue weighted by atomic mass is 10.1.